The van der Waals surface area contributed by atoms with Gasteiger partial charge >= 0.3 is 0 Å². The van der Waals surface area contributed by atoms with E-state index in [0.717, 1.165) is 18.7 Å². The maximum absolute atomic E-state index is 5.23. The van der Waals surface area contributed by atoms with Gasteiger partial charge in [0, 0.05) is 12.6 Å². The third-order valence-electron chi connectivity index (χ3n) is 4.74. The van der Waals surface area contributed by atoms with Crippen molar-refractivity contribution in [2.45, 2.75) is 25.9 Å². The third kappa shape index (κ3) is 3.77. The van der Waals surface area contributed by atoms with E-state index in [1.54, 1.807) is 7.11 Å². The molecule has 0 fully saturated rings. The van der Waals surface area contributed by atoms with Crippen molar-refractivity contribution in [3.05, 3.63) is 77.9 Å². The molecule has 3 rings (SSSR count). The highest BCUT2D eigenvalue weighted by atomic mass is 16.5. The highest BCUT2D eigenvalue weighted by Crippen LogP contribution is 2.21. The van der Waals surface area contributed by atoms with Crippen molar-refractivity contribution in [1.29, 1.82) is 0 Å². The Balaban J connectivity index is 1.69. The molecule has 2 heteroatoms. The van der Waals surface area contributed by atoms with E-state index in [-0.39, 0.29) is 0 Å². The Hall–Kier alpha value is -2.32. The number of nitrogens with zero attached hydrogens (tertiary/aromatic N) is 1. The van der Waals surface area contributed by atoms with Gasteiger partial charge in [-0.2, -0.15) is 0 Å². The molecule has 3 aromatic rings. The highest BCUT2D eigenvalue weighted by molar-refractivity contribution is 5.85. The number of fused-ring (bicyclic) bond motifs is 1. The lowest BCUT2D eigenvalue weighted by atomic mass is 10.0. The standard InChI is InChI=1S/C22H25NO/c1-17(15-18-11-13-21(24-3)14-12-18)23(2)16-20-9-6-8-19-7-4-5-10-22(19)20/h4-14,17H,15-16H2,1-3H3/t17-/m1/s1. The van der Waals surface area contributed by atoms with Crippen molar-refractivity contribution in [2.24, 2.45) is 0 Å². The molecule has 0 aliphatic rings. The van der Waals surface area contributed by atoms with Crippen molar-refractivity contribution in [3.8, 4) is 5.75 Å². The van der Waals surface area contributed by atoms with E-state index in [1.165, 1.54) is 21.9 Å². The van der Waals surface area contributed by atoms with Crippen LogP contribution in [0.15, 0.2) is 66.7 Å². The maximum Gasteiger partial charge on any atom is 0.118 e. The van der Waals surface area contributed by atoms with E-state index in [1.807, 2.05) is 12.1 Å². The molecular formula is C22H25NO. The van der Waals surface area contributed by atoms with Crippen molar-refractivity contribution in [1.82, 2.24) is 4.90 Å². The Kier molecular flexibility index (Phi) is 5.17. The zero-order chi connectivity index (χ0) is 16.9. The summed E-state index contributed by atoms with van der Waals surface area (Å²) in [5, 5.41) is 2.66. The van der Waals surface area contributed by atoms with E-state index in [2.05, 4.69) is 73.5 Å². The number of methoxy groups -OCH3 is 1. The summed E-state index contributed by atoms with van der Waals surface area (Å²) >= 11 is 0. The molecule has 0 saturated heterocycles. The van der Waals surface area contributed by atoms with Gasteiger partial charge in [-0.25, -0.2) is 0 Å². The van der Waals surface area contributed by atoms with Gasteiger partial charge in [-0.3, -0.25) is 4.90 Å². The molecule has 1 atom stereocenters. The highest BCUT2D eigenvalue weighted by Gasteiger charge is 2.12. The van der Waals surface area contributed by atoms with Crippen LogP contribution in [0.5, 0.6) is 5.75 Å². The molecule has 0 bridgehead atoms. The summed E-state index contributed by atoms with van der Waals surface area (Å²) < 4.78 is 5.23. The van der Waals surface area contributed by atoms with Gasteiger partial charge in [-0.1, -0.05) is 54.6 Å². The lowest BCUT2D eigenvalue weighted by Gasteiger charge is -2.25. The van der Waals surface area contributed by atoms with Gasteiger partial charge in [-0.15, -0.1) is 0 Å². The summed E-state index contributed by atoms with van der Waals surface area (Å²) in [6.07, 6.45) is 1.03. The molecule has 0 heterocycles. The predicted molar refractivity (Wildman–Crippen MR) is 102 cm³/mol. The van der Waals surface area contributed by atoms with Gasteiger partial charge in [0.2, 0.25) is 0 Å². The number of hydrogen-bond acceptors (Lipinski definition) is 2. The van der Waals surface area contributed by atoms with Crippen LogP contribution in [0.25, 0.3) is 10.8 Å². The van der Waals surface area contributed by atoms with Crippen molar-refractivity contribution in [2.75, 3.05) is 14.2 Å². The molecule has 0 radical (unpaired) electrons. The maximum atomic E-state index is 5.23. The van der Waals surface area contributed by atoms with E-state index < -0.39 is 0 Å². The van der Waals surface area contributed by atoms with Crippen LogP contribution in [0, 0.1) is 0 Å². The van der Waals surface area contributed by atoms with Crippen LogP contribution in [-0.4, -0.2) is 25.1 Å². The predicted octanol–water partition coefficient (Wildman–Crippen LogP) is 4.91. The molecule has 0 aromatic heterocycles. The van der Waals surface area contributed by atoms with Gasteiger partial charge in [0.25, 0.3) is 0 Å². The van der Waals surface area contributed by atoms with Gasteiger partial charge in [0.05, 0.1) is 7.11 Å². The van der Waals surface area contributed by atoms with Gasteiger partial charge in [0.1, 0.15) is 5.75 Å². The number of likely N-dealkylation sites (N-methyl/N-ethyl adjacent to an activating group) is 1. The number of benzene rings is 3. The molecule has 124 valence electrons. The Morgan fingerprint density at radius 1 is 0.917 bits per heavy atom. The molecule has 0 saturated carbocycles. The second-order valence-corrected chi connectivity index (χ2v) is 6.45. The van der Waals surface area contributed by atoms with E-state index >= 15 is 0 Å². The van der Waals surface area contributed by atoms with Crippen LogP contribution in [0.1, 0.15) is 18.1 Å². The molecule has 0 amide bonds. The Morgan fingerprint density at radius 3 is 2.38 bits per heavy atom. The molecule has 0 spiro atoms. The molecular weight excluding hydrogens is 294 g/mol. The average molecular weight is 319 g/mol. The van der Waals surface area contributed by atoms with Crippen molar-refractivity contribution < 1.29 is 4.74 Å². The summed E-state index contributed by atoms with van der Waals surface area (Å²) in [6, 6.07) is 24.0. The van der Waals surface area contributed by atoms with Crippen LogP contribution < -0.4 is 4.74 Å². The van der Waals surface area contributed by atoms with Crippen LogP contribution in [0.3, 0.4) is 0 Å². The largest absolute Gasteiger partial charge is 0.497 e. The zero-order valence-corrected chi connectivity index (χ0v) is 14.7. The SMILES string of the molecule is COc1ccc(C[C@@H](C)N(C)Cc2cccc3ccccc23)cc1. The fourth-order valence-electron chi connectivity index (χ4n) is 3.11. The first-order valence-electron chi connectivity index (χ1n) is 8.47. The molecule has 24 heavy (non-hydrogen) atoms. The van der Waals surface area contributed by atoms with E-state index in [0.29, 0.717) is 6.04 Å². The lowest BCUT2D eigenvalue weighted by molar-refractivity contribution is 0.249. The van der Waals surface area contributed by atoms with Gasteiger partial charge in [0.15, 0.2) is 0 Å². The lowest BCUT2D eigenvalue weighted by Crippen LogP contribution is -2.30. The van der Waals surface area contributed by atoms with Crippen LogP contribution in [0.4, 0.5) is 0 Å². The Labute approximate surface area is 144 Å². The summed E-state index contributed by atoms with van der Waals surface area (Å²) in [6.45, 7) is 3.24. The summed E-state index contributed by atoms with van der Waals surface area (Å²) in [5.41, 5.74) is 2.73. The summed E-state index contributed by atoms with van der Waals surface area (Å²) in [5.74, 6) is 0.913. The van der Waals surface area contributed by atoms with Crippen molar-refractivity contribution in [3.63, 3.8) is 0 Å². The fourth-order valence-corrected chi connectivity index (χ4v) is 3.11. The zero-order valence-electron chi connectivity index (χ0n) is 14.7. The van der Waals surface area contributed by atoms with Crippen LogP contribution >= 0.6 is 0 Å². The van der Waals surface area contributed by atoms with Crippen LogP contribution in [-0.2, 0) is 13.0 Å². The van der Waals surface area contributed by atoms with Crippen molar-refractivity contribution >= 4 is 10.8 Å². The minimum absolute atomic E-state index is 0.470. The Bertz CT molecular complexity index is 789. The molecule has 0 unspecified atom stereocenters. The first-order chi connectivity index (χ1) is 11.7. The molecule has 3 aromatic carbocycles. The quantitative estimate of drug-likeness (QED) is 0.640. The normalized spacial score (nSPS) is 12.5. The first-order valence-corrected chi connectivity index (χ1v) is 8.47. The number of ether oxygens (including phenoxy) is 1. The first kappa shape index (κ1) is 16.5. The minimum atomic E-state index is 0.470. The minimum Gasteiger partial charge on any atom is -0.497 e. The topological polar surface area (TPSA) is 12.5 Å². The van der Waals surface area contributed by atoms with E-state index in [4.69, 9.17) is 4.74 Å². The van der Waals surface area contributed by atoms with Gasteiger partial charge in [-0.05, 0) is 54.4 Å². The molecule has 0 aliphatic carbocycles. The third-order valence-corrected chi connectivity index (χ3v) is 4.74. The van der Waals surface area contributed by atoms with Crippen LogP contribution in [0.2, 0.25) is 0 Å². The number of hydrogen-bond donors (Lipinski definition) is 0. The molecule has 2 nitrogen and oxygen atoms in total. The fraction of sp³-hybridized carbons (Fsp3) is 0.273. The Morgan fingerprint density at radius 2 is 1.62 bits per heavy atom. The average Bonchev–Trinajstić information content (AvgIpc) is 2.62. The van der Waals surface area contributed by atoms with E-state index in [9.17, 15) is 0 Å². The van der Waals surface area contributed by atoms with Gasteiger partial charge < -0.3 is 4.74 Å². The summed E-state index contributed by atoms with van der Waals surface area (Å²) in [4.78, 5) is 2.42. The number of rotatable bonds is 6. The second-order valence-electron chi connectivity index (χ2n) is 6.45. The second kappa shape index (κ2) is 7.50. The molecule has 0 N–H and O–H groups in total. The monoisotopic (exact) mass is 319 g/mol. The smallest absolute Gasteiger partial charge is 0.118 e. The molecule has 0 aliphatic heterocycles. The summed E-state index contributed by atoms with van der Waals surface area (Å²) in [7, 11) is 3.91.